The SMILES string of the molecule is CCCCCC(c1ccc(C(CC)(c2ccc(C(CCCCC)c3ccc(N)cc3C)cc2)C2CCCCC2)cc1)c1ccc(N)cc1C. The zero-order valence-corrected chi connectivity index (χ0v) is 31.4. The van der Waals surface area contributed by atoms with E-state index in [4.69, 9.17) is 11.5 Å². The molecule has 0 aromatic heterocycles. The molecule has 5 rings (SSSR count). The molecule has 1 aliphatic carbocycles. The van der Waals surface area contributed by atoms with Crippen molar-refractivity contribution in [3.05, 3.63) is 129 Å². The summed E-state index contributed by atoms with van der Waals surface area (Å²) in [5.74, 6) is 1.45. The highest BCUT2D eigenvalue weighted by Crippen LogP contribution is 2.49. The number of aryl methyl sites for hydroxylation is 2. The highest BCUT2D eigenvalue weighted by molar-refractivity contribution is 5.51. The van der Waals surface area contributed by atoms with Gasteiger partial charge in [-0.25, -0.2) is 0 Å². The summed E-state index contributed by atoms with van der Waals surface area (Å²) in [7, 11) is 0. The van der Waals surface area contributed by atoms with E-state index in [-0.39, 0.29) is 5.41 Å². The summed E-state index contributed by atoms with van der Waals surface area (Å²) in [4.78, 5) is 0. The molecule has 0 radical (unpaired) electrons. The van der Waals surface area contributed by atoms with Crippen LogP contribution in [0.15, 0.2) is 84.9 Å². The molecule has 2 atom stereocenters. The largest absolute Gasteiger partial charge is 0.399 e. The minimum Gasteiger partial charge on any atom is -0.399 e. The molecule has 0 spiro atoms. The van der Waals surface area contributed by atoms with Crippen molar-refractivity contribution >= 4 is 11.4 Å². The third kappa shape index (κ3) is 8.45. The topological polar surface area (TPSA) is 52.0 Å². The second kappa shape index (κ2) is 17.4. The molecule has 4 aromatic rings. The van der Waals surface area contributed by atoms with Crippen molar-refractivity contribution in [1.82, 2.24) is 0 Å². The van der Waals surface area contributed by atoms with Gasteiger partial charge in [0.25, 0.3) is 0 Å². The Balaban J connectivity index is 1.53. The van der Waals surface area contributed by atoms with E-state index in [1.807, 2.05) is 0 Å². The first-order chi connectivity index (χ1) is 23.8. The lowest BCUT2D eigenvalue weighted by Gasteiger charge is -2.44. The molecule has 1 fully saturated rings. The molecule has 0 saturated heterocycles. The van der Waals surface area contributed by atoms with E-state index >= 15 is 0 Å². The summed E-state index contributed by atoms with van der Waals surface area (Å²) in [6.45, 7) is 11.5. The Hall–Kier alpha value is -3.52. The Kier molecular flexibility index (Phi) is 13.1. The normalized spacial score (nSPS) is 16.3. The standard InChI is InChI=1S/C47H64N2/c1-6-9-12-18-45(43-30-28-41(48)32-34(43)4)36-20-24-39(25-21-36)47(8-3,38-16-14-11-15-17-38)40-26-22-37(23-27-40)46(19-13-10-7-2)44-31-29-42(49)33-35(44)5/h20-33,38,45-46H,6-19,48-49H2,1-5H3. The minimum atomic E-state index is 0.0150. The average molecular weight is 657 g/mol. The molecule has 2 unspecified atom stereocenters. The predicted octanol–water partition coefficient (Wildman–Crippen LogP) is 13.2. The lowest BCUT2D eigenvalue weighted by Crippen LogP contribution is -2.37. The summed E-state index contributed by atoms with van der Waals surface area (Å²) in [5.41, 5.74) is 25.4. The van der Waals surface area contributed by atoms with Gasteiger partial charge in [0.2, 0.25) is 0 Å². The van der Waals surface area contributed by atoms with Crippen LogP contribution in [0.25, 0.3) is 0 Å². The maximum atomic E-state index is 6.19. The third-order valence-electron chi connectivity index (χ3n) is 12.0. The second-order valence-corrected chi connectivity index (χ2v) is 15.2. The lowest BCUT2D eigenvalue weighted by atomic mass is 9.60. The van der Waals surface area contributed by atoms with Crippen LogP contribution in [0, 0.1) is 19.8 Å². The van der Waals surface area contributed by atoms with Gasteiger partial charge < -0.3 is 11.5 Å². The maximum Gasteiger partial charge on any atom is 0.0316 e. The van der Waals surface area contributed by atoms with E-state index in [1.54, 1.807) is 0 Å². The van der Waals surface area contributed by atoms with Crippen LogP contribution in [-0.2, 0) is 5.41 Å². The van der Waals surface area contributed by atoms with Crippen LogP contribution >= 0.6 is 0 Å². The van der Waals surface area contributed by atoms with Crippen molar-refractivity contribution in [2.24, 2.45) is 5.92 Å². The van der Waals surface area contributed by atoms with Gasteiger partial charge in [0.1, 0.15) is 0 Å². The van der Waals surface area contributed by atoms with Crippen molar-refractivity contribution in [2.45, 2.75) is 142 Å². The molecular formula is C47H64N2. The van der Waals surface area contributed by atoms with Crippen LogP contribution in [0.5, 0.6) is 0 Å². The lowest BCUT2D eigenvalue weighted by molar-refractivity contribution is 0.231. The maximum absolute atomic E-state index is 6.19. The van der Waals surface area contributed by atoms with Crippen molar-refractivity contribution in [2.75, 3.05) is 11.5 Å². The second-order valence-electron chi connectivity index (χ2n) is 15.2. The zero-order chi connectivity index (χ0) is 34.8. The van der Waals surface area contributed by atoms with Crippen LogP contribution < -0.4 is 11.5 Å². The van der Waals surface area contributed by atoms with Gasteiger partial charge in [-0.05, 0) is 121 Å². The molecule has 1 aliphatic rings. The average Bonchev–Trinajstić information content (AvgIpc) is 3.11. The molecule has 0 amide bonds. The molecule has 4 aromatic carbocycles. The van der Waals surface area contributed by atoms with E-state index < -0.39 is 0 Å². The third-order valence-corrected chi connectivity index (χ3v) is 12.0. The quantitative estimate of drug-likeness (QED) is 0.0931. The number of hydrogen-bond donors (Lipinski definition) is 2. The van der Waals surface area contributed by atoms with Gasteiger partial charge in [-0.2, -0.15) is 0 Å². The Morgan fingerprint density at radius 2 is 1.00 bits per heavy atom. The van der Waals surface area contributed by atoms with Crippen LogP contribution in [0.3, 0.4) is 0 Å². The monoisotopic (exact) mass is 657 g/mol. The number of nitrogen functional groups attached to an aromatic ring is 2. The van der Waals surface area contributed by atoms with E-state index in [9.17, 15) is 0 Å². The number of benzene rings is 4. The van der Waals surface area contributed by atoms with Crippen LogP contribution in [0.1, 0.15) is 167 Å². The van der Waals surface area contributed by atoms with Gasteiger partial charge in [-0.1, -0.05) is 139 Å². The fourth-order valence-corrected chi connectivity index (χ4v) is 9.34. The minimum absolute atomic E-state index is 0.0150. The van der Waals surface area contributed by atoms with Gasteiger partial charge in [-0.15, -0.1) is 0 Å². The van der Waals surface area contributed by atoms with E-state index in [0.717, 1.165) is 17.8 Å². The molecule has 0 heterocycles. The van der Waals surface area contributed by atoms with E-state index in [1.165, 1.54) is 128 Å². The molecule has 49 heavy (non-hydrogen) atoms. The highest BCUT2D eigenvalue weighted by Gasteiger charge is 2.41. The van der Waals surface area contributed by atoms with Crippen LogP contribution in [-0.4, -0.2) is 0 Å². The molecular weight excluding hydrogens is 593 g/mol. The van der Waals surface area contributed by atoms with Gasteiger partial charge in [0.05, 0.1) is 0 Å². The van der Waals surface area contributed by atoms with Crippen molar-refractivity contribution in [3.63, 3.8) is 0 Å². The molecule has 262 valence electrons. The zero-order valence-electron chi connectivity index (χ0n) is 31.4. The smallest absolute Gasteiger partial charge is 0.0316 e. The number of rotatable bonds is 16. The Morgan fingerprint density at radius 3 is 1.37 bits per heavy atom. The van der Waals surface area contributed by atoms with Crippen LogP contribution in [0.4, 0.5) is 11.4 Å². The first-order valence-electron chi connectivity index (χ1n) is 19.7. The molecule has 2 nitrogen and oxygen atoms in total. The Bertz CT molecular complexity index is 1480. The van der Waals surface area contributed by atoms with Gasteiger partial charge in [0, 0.05) is 28.6 Å². The van der Waals surface area contributed by atoms with E-state index in [0.29, 0.717) is 17.8 Å². The summed E-state index contributed by atoms with van der Waals surface area (Å²) >= 11 is 0. The molecule has 2 heteroatoms. The predicted molar refractivity (Wildman–Crippen MR) is 214 cm³/mol. The number of nitrogens with two attached hydrogens (primary N) is 2. The fraction of sp³-hybridized carbons (Fsp3) is 0.489. The van der Waals surface area contributed by atoms with Crippen molar-refractivity contribution in [3.8, 4) is 0 Å². The van der Waals surface area contributed by atoms with Crippen LogP contribution in [0.2, 0.25) is 0 Å². The summed E-state index contributed by atoms with van der Waals surface area (Å²) in [5, 5.41) is 0. The van der Waals surface area contributed by atoms with E-state index in [2.05, 4.69) is 120 Å². The Morgan fingerprint density at radius 1 is 0.571 bits per heavy atom. The number of hydrogen-bond acceptors (Lipinski definition) is 2. The van der Waals surface area contributed by atoms with Gasteiger partial charge >= 0.3 is 0 Å². The molecule has 1 saturated carbocycles. The molecule has 0 aliphatic heterocycles. The first kappa shape index (κ1) is 36.8. The number of unbranched alkanes of at least 4 members (excludes halogenated alkanes) is 4. The summed E-state index contributed by atoms with van der Waals surface area (Å²) < 4.78 is 0. The number of anilines is 2. The summed E-state index contributed by atoms with van der Waals surface area (Å²) in [6.07, 6.45) is 17.7. The highest BCUT2D eigenvalue weighted by atomic mass is 14.5. The fourth-order valence-electron chi connectivity index (χ4n) is 9.34. The summed E-state index contributed by atoms with van der Waals surface area (Å²) in [6, 6.07) is 32.9. The van der Waals surface area contributed by atoms with Gasteiger partial charge in [-0.3, -0.25) is 0 Å². The Labute approximate surface area is 299 Å². The molecule has 0 bridgehead atoms. The van der Waals surface area contributed by atoms with Crippen molar-refractivity contribution < 1.29 is 0 Å². The van der Waals surface area contributed by atoms with Gasteiger partial charge in [0.15, 0.2) is 0 Å². The first-order valence-corrected chi connectivity index (χ1v) is 19.7. The van der Waals surface area contributed by atoms with Crippen molar-refractivity contribution in [1.29, 1.82) is 0 Å². The molecule has 4 N–H and O–H groups in total.